The lowest BCUT2D eigenvalue weighted by Crippen LogP contribution is -2.07. The Hall–Kier alpha value is -2.86. The average molecular weight is 357 g/mol. The number of benzene rings is 2. The first kappa shape index (κ1) is 17.0. The van der Waals surface area contributed by atoms with Gasteiger partial charge in [-0.25, -0.2) is 4.79 Å². The Kier molecular flexibility index (Phi) is 4.72. The van der Waals surface area contributed by atoms with Gasteiger partial charge in [0.15, 0.2) is 5.82 Å². The number of aromatic nitrogens is 3. The number of nitrogens with two attached hydrogens (primary N) is 1. The van der Waals surface area contributed by atoms with E-state index in [9.17, 15) is 9.90 Å². The summed E-state index contributed by atoms with van der Waals surface area (Å²) in [6.07, 6.45) is 0.998. The van der Waals surface area contributed by atoms with Crippen LogP contribution in [-0.4, -0.2) is 25.8 Å². The number of hydrogen-bond donors (Lipinski definition) is 2. The molecule has 0 bridgehead atoms. The number of aromatic carboxylic acids is 1. The maximum absolute atomic E-state index is 11.4. The number of aryl methyl sites for hydroxylation is 1. The van der Waals surface area contributed by atoms with Crippen LogP contribution in [0.4, 0.5) is 5.69 Å². The van der Waals surface area contributed by atoms with Gasteiger partial charge in [-0.2, -0.15) is 0 Å². The van der Waals surface area contributed by atoms with Crippen LogP contribution in [0, 0.1) is 0 Å². The molecular formula is C18H17ClN4O2. The molecule has 3 N–H and O–H groups in total. The molecule has 0 unspecified atom stereocenters. The molecule has 0 amide bonds. The molecule has 0 aliphatic carbocycles. The van der Waals surface area contributed by atoms with Crippen LogP contribution in [-0.2, 0) is 19.9 Å². The molecule has 3 aromatic rings. The average Bonchev–Trinajstić information content (AvgIpc) is 2.95. The second kappa shape index (κ2) is 6.94. The highest BCUT2D eigenvalue weighted by Crippen LogP contribution is 2.23. The van der Waals surface area contributed by atoms with Gasteiger partial charge >= 0.3 is 5.97 Å². The molecule has 0 atom stereocenters. The fraction of sp³-hybridized carbons (Fsp3) is 0.167. The highest BCUT2D eigenvalue weighted by atomic mass is 35.5. The van der Waals surface area contributed by atoms with Crippen LogP contribution in [0.5, 0.6) is 0 Å². The molecule has 0 aliphatic rings. The van der Waals surface area contributed by atoms with E-state index in [0.717, 1.165) is 17.2 Å². The van der Waals surface area contributed by atoms with E-state index in [1.54, 1.807) is 18.2 Å². The van der Waals surface area contributed by atoms with Crippen molar-refractivity contribution in [2.45, 2.75) is 12.8 Å². The molecular weight excluding hydrogens is 340 g/mol. The minimum atomic E-state index is -0.988. The van der Waals surface area contributed by atoms with Crippen molar-refractivity contribution in [3.63, 3.8) is 0 Å². The number of hydrogen-bond acceptors (Lipinski definition) is 4. The van der Waals surface area contributed by atoms with Crippen molar-refractivity contribution in [2.75, 3.05) is 5.73 Å². The molecule has 0 fully saturated rings. The molecule has 2 aromatic carbocycles. The number of nitrogens with zero attached hydrogens (tertiary/aromatic N) is 3. The van der Waals surface area contributed by atoms with Gasteiger partial charge in [0.05, 0.1) is 5.56 Å². The summed E-state index contributed by atoms with van der Waals surface area (Å²) in [6, 6.07) is 12.3. The van der Waals surface area contributed by atoms with Gasteiger partial charge in [0.1, 0.15) is 5.82 Å². The maximum atomic E-state index is 11.4. The summed E-state index contributed by atoms with van der Waals surface area (Å²) in [5, 5.41) is 18.2. The van der Waals surface area contributed by atoms with Crippen LogP contribution < -0.4 is 5.73 Å². The standard InChI is InChI=1S/C18H17ClN4O2/c1-23-16(21-22-17(23)11-5-7-12(20)8-6-11)10-9-13-14(18(24)25)3-2-4-15(13)19/h2-8H,9-10,20H2,1H3,(H,24,25). The van der Waals surface area contributed by atoms with Crippen molar-refractivity contribution in [3.05, 3.63) is 64.4 Å². The Labute approximate surface area is 149 Å². The quantitative estimate of drug-likeness (QED) is 0.684. The van der Waals surface area contributed by atoms with E-state index in [4.69, 9.17) is 17.3 Å². The van der Waals surface area contributed by atoms with Gasteiger partial charge in [0.25, 0.3) is 0 Å². The molecule has 0 saturated heterocycles. The third-order valence-electron chi connectivity index (χ3n) is 4.08. The Bertz CT molecular complexity index is 919. The lowest BCUT2D eigenvalue weighted by atomic mass is 10.0. The number of halogens is 1. The Morgan fingerprint density at radius 2 is 1.88 bits per heavy atom. The zero-order valence-electron chi connectivity index (χ0n) is 13.6. The van der Waals surface area contributed by atoms with E-state index in [1.165, 1.54) is 0 Å². The topological polar surface area (TPSA) is 94.0 Å². The first-order valence-corrected chi connectivity index (χ1v) is 8.10. The number of rotatable bonds is 5. The third-order valence-corrected chi connectivity index (χ3v) is 4.44. The first-order valence-electron chi connectivity index (χ1n) is 7.72. The van der Waals surface area contributed by atoms with Crippen molar-refractivity contribution in [1.29, 1.82) is 0 Å². The van der Waals surface area contributed by atoms with Gasteiger partial charge in [0, 0.05) is 29.7 Å². The van der Waals surface area contributed by atoms with Crippen molar-refractivity contribution in [3.8, 4) is 11.4 Å². The molecule has 1 aromatic heterocycles. The van der Waals surface area contributed by atoms with E-state index in [2.05, 4.69) is 10.2 Å². The third kappa shape index (κ3) is 3.49. The normalized spacial score (nSPS) is 10.8. The summed E-state index contributed by atoms with van der Waals surface area (Å²) in [4.78, 5) is 11.4. The predicted molar refractivity (Wildman–Crippen MR) is 96.7 cm³/mol. The molecule has 7 heteroatoms. The van der Waals surface area contributed by atoms with E-state index in [-0.39, 0.29) is 5.56 Å². The highest BCUT2D eigenvalue weighted by Gasteiger charge is 2.15. The molecule has 6 nitrogen and oxygen atoms in total. The second-order valence-electron chi connectivity index (χ2n) is 5.69. The van der Waals surface area contributed by atoms with E-state index < -0.39 is 5.97 Å². The summed E-state index contributed by atoms with van der Waals surface area (Å²) >= 11 is 6.18. The van der Waals surface area contributed by atoms with Crippen molar-refractivity contribution < 1.29 is 9.90 Å². The largest absolute Gasteiger partial charge is 0.478 e. The number of carboxylic acid groups (broad SMARTS) is 1. The van der Waals surface area contributed by atoms with Gasteiger partial charge in [-0.15, -0.1) is 10.2 Å². The van der Waals surface area contributed by atoms with Crippen LogP contribution in [0.15, 0.2) is 42.5 Å². The van der Waals surface area contributed by atoms with Gasteiger partial charge in [-0.3, -0.25) is 0 Å². The van der Waals surface area contributed by atoms with Crippen molar-refractivity contribution in [2.24, 2.45) is 7.05 Å². The molecule has 25 heavy (non-hydrogen) atoms. The summed E-state index contributed by atoms with van der Waals surface area (Å²) in [5.41, 5.74) is 8.13. The van der Waals surface area contributed by atoms with Gasteiger partial charge in [0.2, 0.25) is 0 Å². The van der Waals surface area contributed by atoms with E-state index in [1.807, 2.05) is 35.9 Å². The molecule has 3 rings (SSSR count). The lowest BCUT2D eigenvalue weighted by Gasteiger charge is -2.09. The summed E-state index contributed by atoms with van der Waals surface area (Å²) < 4.78 is 1.89. The van der Waals surface area contributed by atoms with E-state index >= 15 is 0 Å². The fourth-order valence-corrected chi connectivity index (χ4v) is 2.98. The summed E-state index contributed by atoms with van der Waals surface area (Å²) in [7, 11) is 1.88. The summed E-state index contributed by atoms with van der Waals surface area (Å²) in [6.45, 7) is 0. The van der Waals surface area contributed by atoms with Gasteiger partial charge in [-0.1, -0.05) is 17.7 Å². The highest BCUT2D eigenvalue weighted by molar-refractivity contribution is 6.31. The molecule has 0 saturated carbocycles. The molecule has 1 heterocycles. The summed E-state index contributed by atoms with van der Waals surface area (Å²) in [5.74, 6) is 0.494. The van der Waals surface area contributed by atoms with Crippen LogP contribution in [0.3, 0.4) is 0 Å². The molecule has 0 aliphatic heterocycles. The number of carbonyl (C=O) groups is 1. The zero-order valence-corrected chi connectivity index (χ0v) is 14.4. The van der Waals surface area contributed by atoms with Crippen LogP contribution in [0.25, 0.3) is 11.4 Å². The lowest BCUT2D eigenvalue weighted by molar-refractivity contribution is 0.0695. The minimum Gasteiger partial charge on any atom is -0.478 e. The van der Waals surface area contributed by atoms with Crippen LogP contribution in [0.2, 0.25) is 5.02 Å². The zero-order chi connectivity index (χ0) is 18.0. The van der Waals surface area contributed by atoms with Crippen LogP contribution >= 0.6 is 11.6 Å². The van der Waals surface area contributed by atoms with Crippen molar-refractivity contribution in [1.82, 2.24) is 14.8 Å². The van der Waals surface area contributed by atoms with Gasteiger partial charge < -0.3 is 15.4 Å². The predicted octanol–water partition coefficient (Wildman–Crippen LogP) is 3.20. The number of anilines is 1. The molecule has 0 radical (unpaired) electrons. The smallest absolute Gasteiger partial charge is 0.336 e. The fourth-order valence-electron chi connectivity index (χ4n) is 2.71. The second-order valence-corrected chi connectivity index (χ2v) is 6.10. The maximum Gasteiger partial charge on any atom is 0.336 e. The Morgan fingerprint density at radius 1 is 1.16 bits per heavy atom. The van der Waals surface area contributed by atoms with Crippen molar-refractivity contribution >= 4 is 23.3 Å². The number of carboxylic acids is 1. The van der Waals surface area contributed by atoms with Crippen LogP contribution in [0.1, 0.15) is 21.7 Å². The van der Waals surface area contributed by atoms with E-state index in [0.29, 0.717) is 29.1 Å². The Balaban J connectivity index is 1.84. The SMILES string of the molecule is Cn1c(CCc2c(Cl)cccc2C(=O)O)nnc1-c1ccc(N)cc1. The molecule has 128 valence electrons. The Morgan fingerprint density at radius 3 is 2.56 bits per heavy atom. The monoisotopic (exact) mass is 356 g/mol. The minimum absolute atomic E-state index is 0.216. The number of nitrogen functional groups attached to an aromatic ring is 1. The molecule has 0 spiro atoms. The van der Waals surface area contributed by atoms with Gasteiger partial charge in [-0.05, 0) is 48.4 Å². The first-order chi connectivity index (χ1) is 12.0.